The van der Waals surface area contributed by atoms with E-state index in [0.717, 1.165) is 10.5 Å². The molecule has 0 spiro atoms. The van der Waals surface area contributed by atoms with Gasteiger partial charge in [-0.25, -0.2) is 0 Å². The fourth-order valence-electron chi connectivity index (χ4n) is 1.67. The Bertz CT molecular complexity index is 433. The van der Waals surface area contributed by atoms with Crippen LogP contribution in [-0.2, 0) is 9.59 Å². The molecular weight excluding hydrogens is 226 g/mol. The van der Waals surface area contributed by atoms with Crippen molar-refractivity contribution in [1.29, 1.82) is 0 Å². The molecule has 84 valence electrons. The zero-order valence-corrected chi connectivity index (χ0v) is 9.29. The van der Waals surface area contributed by atoms with Gasteiger partial charge in [0.15, 0.2) is 0 Å². The van der Waals surface area contributed by atoms with Gasteiger partial charge >= 0.3 is 5.97 Å². The number of aliphatic carboxylic acids is 1. The Hall–Kier alpha value is -1.49. The molecule has 1 aromatic rings. The Morgan fingerprint density at radius 2 is 2.19 bits per heavy atom. The highest BCUT2D eigenvalue weighted by molar-refractivity contribution is 7.99. The molecule has 0 aliphatic carbocycles. The Kier molecular flexibility index (Phi) is 3.14. The summed E-state index contributed by atoms with van der Waals surface area (Å²) in [5, 5.41) is 10.9. The maximum absolute atomic E-state index is 11.7. The van der Waals surface area contributed by atoms with E-state index in [1.54, 1.807) is 11.8 Å². The molecule has 0 fully saturated rings. The lowest BCUT2D eigenvalue weighted by Crippen LogP contribution is -2.33. The third-order valence-electron chi connectivity index (χ3n) is 2.43. The van der Waals surface area contributed by atoms with Crippen molar-refractivity contribution in [2.24, 2.45) is 0 Å². The predicted molar refractivity (Wildman–Crippen MR) is 60.6 cm³/mol. The summed E-state index contributed by atoms with van der Waals surface area (Å²) in [6.45, 7) is -0.317. The number of rotatable bonds is 3. The summed E-state index contributed by atoms with van der Waals surface area (Å²) in [5.41, 5.74) is 0.996. The van der Waals surface area contributed by atoms with Gasteiger partial charge in [0.05, 0.1) is 5.92 Å². The van der Waals surface area contributed by atoms with Crippen molar-refractivity contribution >= 4 is 23.6 Å². The molecule has 2 N–H and O–H groups in total. The lowest BCUT2D eigenvalue weighted by Gasteiger charge is -2.09. The SMILES string of the molecule is O=C(O)CNC(=O)C1CSc2ccccc21. The molecular formula is C11H11NO3S. The molecule has 1 aliphatic rings. The standard InChI is InChI=1S/C11H11NO3S/c13-10(14)5-12-11(15)8-6-16-9-4-2-1-3-7(8)9/h1-4,8H,5-6H2,(H,12,15)(H,13,14). The predicted octanol–water partition coefficient (Wildman–Crippen LogP) is 1.08. The summed E-state index contributed by atoms with van der Waals surface area (Å²) in [4.78, 5) is 23.2. The number of amides is 1. The van der Waals surface area contributed by atoms with Crippen LogP contribution in [0.1, 0.15) is 11.5 Å². The quantitative estimate of drug-likeness (QED) is 0.825. The van der Waals surface area contributed by atoms with Crippen LogP contribution in [0.5, 0.6) is 0 Å². The summed E-state index contributed by atoms with van der Waals surface area (Å²) in [6.07, 6.45) is 0. The van der Waals surface area contributed by atoms with E-state index in [0.29, 0.717) is 5.75 Å². The van der Waals surface area contributed by atoms with Gasteiger partial charge in [0.25, 0.3) is 0 Å². The van der Waals surface area contributed by atoms with Gasteiger partial charge in [-0.1, -0.05) is 18.2 Å². The first kappa shape index (κ1) is 11.0. The zero-order chi connectivity index (χ0) is 11.5. The smallest absolute Gasteiger partial charge is 0.322 e. The number of carboxylic acid groups (broad SMARTS) is 1. The lowest BCUT2D eigenvalue weighted by molar-refractivity contribution is -0.138. The van der Waals surface area contributed by atoms with Crippen molar-refractivity contribution in [3.05, 3.63) is 29.8 Å². The fourth-order valence-corrected chi connectivity index (χ4v) is 2.89. The zero-order valence-electron chi connectivity index (χ0n) is 8.47. The van der Waals surface area contributed by atoms with Crippen LogP contribution in [0.25, 0.3) is 0 Å². The van der Waals surface area contributed by atoms with Gasteiger partial charge in [-0.05, 0) is 11.6 Å². The van der Waals surface area contributed by atoms with Crippen LogP contribution in [0, 0.1) is 0 Å². The number of benzene rings is 1. The van der Waals surface area contributed by atoms with Crippen LogP contribution in [0.3, 0.4) is 0 Å². The van der Waals surface area contributed by atoms with Gasteiger partial charge in [-0.15, -0.1) is 11.8 Å². The highest BCUT2D eigenvalue weighted by Crippen LogP contribution is 2.39. The van der Waals surface area contributed by atoms with Crippen LogP contribution >= 0.6 is 11.8 Å². The Morgan fingerprint density at radius 1 is 1.44 bits per heavy atom. The van der Waals surface area contributed by atoms with E-state index in [2.05, 4.69) is 5.32 Å². The summed E-state index contributed by atoms with van der Waals surface area (Å²) < 4.78 is 0. The van der Waals surface area contributed by atoms with E-state index >= 15 is 0 Å². The molecule has 1 heterocycles. The molecule has 1 aliphatic heterocycles. The summed E-state index contributed by atoms with van der Waals surface area (Å²) in [6, 6.07) is 7.72. The van der Waals surface area contributed by atoms with Gasteiger partial charge < -0.3 is 10.4 Å². The van der Waals surface area contributed by atoms with Gasteiger partial charge in [-0.2, -0.15) is 0 Å². The molecule has 1 aromatic carbocycles. The molecule has 0 radical (unpaired) electrons. The maximum atomic E-state index is 11.7. The molecule has 1 unspecified atom stereocenters. The van der Waals surface area contributed by atoms with Gasteiger partial charge in [0.1, 0.15) is 6.54 Å². The van der Waals surface area contributed by atoms with E-state index in [1.165, 1.54) is 0 Å². The van der Waals surface area contributed by atoms with Crippen LogP contribution in [0.2, 0.25) is 0 Å². The minimum atomic E-state index is -1.02. The third kappa shape index (κ3) is 2.19. The van der Waals surface area contributed by atoms with Crippen LogP contribution in [0.4, 0.5) is 0 Å². The Morgan fingerprint density at radius 3 is 2.94 bits per heavy atom. The lowest BCUT2D eigenvalue weighted by atomic mass is 10.0. The number of hydrogen-bond donors (Lipinski definition) is 2. The average Bonchev–Trinajstić information content (AvgIpc) is 2.69. The molecule has 0 saturated heterocycles. The number of carbonyl (C=O) groups is 2. The van der Waals surface area contributed by atoms with Crippen molar-refractivity contribution in [2.75, 3.05) is 12.3 Å². The van der Waals surface area contributed by atoms with Gasteiger partial charge in [0.2, 0.25) is 5.91 Å². The van der Waals surface area contributed by atoms with Crippen molar-refractivity contribution in [3.63, 3.8) is 0 Å². The molecule has 1 amide bonds. The summed E-state index contributed by atoms with van der Waals surface area (Å²) in [5.74, 6) is -0.766. The summed E-state index contributed by atoms with van der Waals surface area (Å²) >= 11 is 1.63. The minimum Gasteiger partial charge on any atom is -0.480 e. The topological polar surface area (TPSA) is 66.4 Å². The first-order valence-electron chi connectivity index (χ1n) is 4.89. The molecule has 16 heavy (non-hydrogen) atoms. The third-order valence-corrected chi connectivity index (χ3v) is 3.61. The van der Waals surface area contributed by atoms with Crippen molar-refractivity contribution in [3.8, 4) is 0 Å². The van der Waals surface area contributed by atoms with Gasteiger partial charge in [0, 0.05) is 10.6 Å². The number of fused-ring (bicyclic) bond motifs is 1. The fraction of sp³-hybridized carbons (Fsp3) is 0.273. The highest BCUT2D eigenvalue weighted by Gasteiger charge is 2.28. The molecule has 2 rings (SSSR count). The molecule has 5 heteroatoms. The number of thioether (sulfide) groups is 1. The first-order chi connectivity index (χ1) is 7.68. The van der Waals surface area contributed by atoms with E-state index in [1.807, 2.05) is 24.3 Å². The van der Waals surface area contributed by atoms with Crippen LogP contribution in [0.15, 0.2) is 29.2 Å². The molecule has 4 nitrogen and oxygen atoms in total. The van der Waals surface area contributed by atoms with E-state index in [4.69, 9.17) is 5.11 Å². The van der Waals surface area contributed by atoms with Crippen molar-refractivity contribution in [1.82, 2.24) is 5.32 Å². The number of carboxylic acids is 1. The minimum absolute atomic E-state index is 0.208. The molecule has 0 saturated carbocycles. The number of carbonyl (C=O) groups excluding carboxylic acids is 1. The highest BCUT2D eigenvalue weighted by atomic mass is 32.2. The van der Waals surface area contributed by atoms with E-state index in [-0.39, 0.29) is 18.4 Å². The second kappa shape index (κ2) is 4.57. The summed E-state index contributed by atoms with van der Waals surface area (Å²) in [7, 11) is 0. The number of hydrogen-bond acceptors (Lipinski definition) is 3. The van der Waals surface area contributed by atoms with Crippen LogP contribution in [-0.4, -0.2) is 29.3 Å². The molecule has 0 aromatic heterocycles. The second-order valence-electron chi connectivity index (χ2n) is 3.51. The molecule has 0 bridgehead atoms. The van der Waals surface area contributed by atoms with E-state index < -0.39 is 5.97 Å². The van der Waals surface area contributed by atoms with Crippen molar-refractivity contribution in [2.45, 2.75) is 10.8 Å². The molecule has 1 atom stereocenters. The Labute approximate surface area is 97.0 Å². The van der Waals surface area contributed by atoms with Gasteiger partial charge in [-0.3, -0.25) is 9.59 Å². The average molecular weight is 237 g/mol. The first-order valence-corrected chi connectivity index (χ1v) is 5.88. The van der Waals surface area contributed by atoms with E-state index in [9.17, 15) is 9.59 Å². The largest absolute Gasteiger partial charge is 0.480 e. The normalized spacial score (nSPS) is 17.9. The Balaban J connectivity index is 2.07. The second-order valence-corrected chi connectivity index (χ2v) is 4.57. The monoisotopic (exact) mass is 237 g/mol. The maximum Gasteiger partial charge on any atom is 0.322 e. The van der Waals surface area contributed by atoms with Crippen molar-refractivity contribution < 1.29 is 14.7 Å². The number of nitrogens with one attached hydrogen (secondary N) is 1. The van der Waals surface area contributed by atoms with Crippen LogP contribution < -0.4 is 5.32 Å².